The van der Waals surface area contributed by atoms with Gasteiger partial charge in [-0.3, -0.25) is 9.59 Å². The molecule has 88 valence electrons. The van der Waals surface area contributed by atoms with Crippen molar-refractivity contribution in [1.82, 2.24) is 0 Å². The number of methoxy groups -OCH3 is 1. The Morgan fingerprint density at radius 1 is 1.33 bits per heavy atom. The Hall–Kier alpha value is -1.06. The summed E-state index contributed by atoms with van der Waals surface area (Å²) in [6.45, 7) is 5.78. The molecular weight excluding hydrogens is 196 g/mol. The second kappa shape index (κ2) is 5.73. The van der Waals surface area contributed by atoms with Gasteiger partial charge in [-0.15, -0.1) is 0 Å². The van der Waals surface area contributed by atoms with Crippen molar-refractivity contribution in [2.24, 2.45) is 11.3 Å². The Labute approximate surface area is 90.6 Å². The zero-order chi connectivity index (χ0) is 12.1. The summed E-state index contributed by atoms with van der Waals surface area (Å²) >= 11 is 0. The summed E-state index contributed by atoms with van der Waals surface area (Å²) in [5, 5.41) is 9.11. The van der Waals surface area contributed by atoms with Crippen LogP contribution in [0, 0.1) is 11.3 Å². The lowest BCUT2D eigenvalue weighted by Gasteiger charge is -2.32. The molecule has 4 nitrogen and oxygen atoms in total. The second-order valence-corrected chi connectivity index (χ2v) is 4.03. The maximum Gasteiger partial charge on any atom is 0.307 e. The average Bonchev–Trinajstić information content (AvgIpc) is 2.23. The molecule has 0 aromatic carbocycles. The standard InChI is InChI=1S/C11H20O4/c1-5-11(3,6-2)8(10(13)14)7-9(12)15-4/h8H,5-7H2,1-4H3,(H,13,14). The summed E-state index contributed by atoms with van der Waals surface area (Å²) in [7, 11) is 1.27. The smallest absolute Gasteiger partial charge is 0.307 e. The van der Waals surface area contributed by atoms with Crippen LogP contribution in [0.1, 0.15) is 40.0 Å². The molecule has 0 saturated carbocycles. The minimum absolute atomic E-state index is 0.0516. The van der Waals surface area contributed by atoms with Gasteiger partial charge in [0, 0.05) is 0 Å². The molecule has 1 atom stereocenters. The maximum atomic E-state index is 11.1. The van der Waals surface area contributed by atoms with E-state index >= 15 is 0 Å². The lowest BCUT2D eigenvalue weighted by atomic mass is 9.71. The van der Waals surface area contributed by atoms with Crippen molar-refractivity contribution < 1.29 is 19.4 Å². The molecule has 1 unspecified atom stereocenters. The van der Waals surface area contributed by atoms with Gasteiger partial charge in [-0.05, 0) is 18.3 Å². The van der Waals surface area contributed by atoms with Crippen molar-refractivity contribution in [1.29, 1.82) is 0 Å². The number of esters is 1. The number of aliphatic carboxylic acids is 1. The SMILES string of the molecule is CCC(C)(CC)C(CC(=O)OC)C(=O)O. The van der Waals surface area contributed by atoms with Gasteiger partial charge < -0.3 is 9.84 Å². The first-order chi connectivity index (χ1) is 6.91. The highest BCUT2D eigenvalue weighted by molar-refractivity contribution is 5.79. The molecule has 0 aromatic heterocycles. The highest BCUT2D eigenvalue weighted by atomic mass is 16.5. The first-order valence-corrected chi connectivity index (χ1v) is 5.20. The van der Waals surface area contributed by atoms with Gasteiger partial charge in [0.2, 0.25) is 0 Å². The number of carboxylic acid groups (broad SMARTS) is 1. The Bertz CT molecular complexity index is 231. The molecular formula is C11H20O4. The number of carbonyl (C=O) groups is 2. The molecule has 0 radical (unpaired) electrons. The van der Waals surface area contributed by atoms with Crippen LogP contribution in [0.4, 0.5) is 0 Å². The van der Waals surface area contributed by atoms with Gasteiger partial charge in [0.05, 0.1) is 19.4 Å². The third kappa shape index (κ3) is 3.53. The molecule has 0 aliphatic heterocycles. The van der Waals surface area contributed by atoms with Crippen molar-refractivity contribution in [3.63, 3.8) is 0 Å². The number of hydrogen-bond donors (Lipinski definition) is 1. The van der Waals surface area contributed by atoms with Crippen molar-refractivity contribution >= 4 is 11.9 Å². The van der Waals surface area contributed by atoms with Crippen LogP contribution in [0.2, 0.25) is 0 Å². The average molecular weight is 216 g/mol. The fourth-order valence-corrected chi connectivity index (χ4v) is 1.62. The zero-order valence-corrected chi connectivity index (χ0v) is 9.87. The van der Waals surface area contributed by atoms with E-state index in [0.717, 1.165) is 12.8 Å². The van der Waals surface area contributed by atoms with E-state index in [1.807, 2.05) is 20.8 Å². The molecule has 0 saturated heterocycles. The summed E-state index contributed by atoms with van der Waals surface area (Å²) in [5.41, 5.74) is -0.347. The van der Waals surface area contributed by atoms with Gasteiger partial charge in [0.15, 0.2) is 0 Å². The molecule has 0 aliphatic rings. The highest BCUT2D eigenvalue weighted by Crippen LogP contribution is 2.37. The molecule has 0 aromatic rings. The van der Waals surface area contributed by atoms with Crippen LogP contribution < -0.4 is 0 Å². The van der Waals surface area contributed by atoms with Gasteiger partial charge in [0.25, 0.3) is 0 Å². The van der Waals surface area contributed by atoms with E-state index in [0.29, 0.717) is 0 Å². The number of carboxylic acids is 1. The van der Waals surface area contributed by atoms with E-state index in [-0.39, 0.29) is 11.8 Å². The Morgan fingerprint density at radius 3 is 2.07 bits per heavy atom. The molecule has 0 heterocycles. The Morgan fingerprint density at radius 2 is 1.80 bits per heavy atom. The number of ether oxygens (including phenoxy) is 1. The molecule has 0 fully saturated rings. The third-order valence-electron chi connectivity index (χ3n) is 3.35. The molecule has 0 spiro atoms. The summed E-state index contributed by atoms with van der Waals surface area (Å²) in [6.07, 6.45) is 1.42. The van der Waals surface area contributed by atoms with E-state index in [2.05, 4.69) is 4.74 Å². The summed E-state index contributed by atoms with van der Waals surface area (Å²) in [4.78, 5) is 22.2. The van der Waals surface area contributed by atoms with Crippen molar-refractivity contribution in [3.05, 3.63) is 0 Å². The van der Waals surface area contributed by atoms with Gasteiger partial charge in [0.1, 0.15) is 0 Å². The fraction of sp³-hybridized carbons (Fsp3) is 0.818. The number of carbonyl (C=O) groups excluding carboxylic acids is 1. The van der Waals surface area contributed by atoms with Gasteiger partial charge in [-0.25, -0.2) is 0 Å². The van der Waals surface area contributed by atoms with Crippen molar-refractivity contribution in [3.8, 4) is 0 Å². The predicted octanol–water partition coefficient (Wildman–Crippen LogP) is 2.08. The molecule has 1 N–H and O–H groups in total. The minimum atomic E-state index is -0.924. The van der Waals surface area contributed by atoms with Gasteiger partial charge >= 0.3 is 11.9 Å². The molecule has 4 heteroatoms. The van der Waals surface area contributed by atoms with Crippen LogP contribution in [-0.2, 0) is 14.3 Å². The normalized spacial score (nSPS) is 13.3. The predicted molar refractivity (Wildman–Crippen MR) is 56.4 cm³/mol. The molecule has 0 bridgehead atoms. The third-order valence-corrected chi connectivity index (χ3v) is 3.35. The van der Waals surface area contributed by atoms with Crippen LogP contribution in [-0.4, -0.2) is 24.2 Å². The Kier molecular flexibility index (Phi) is 5.33. The Balaban J connectivity index is 4.79. The number of hydrogen-bond acceptors (Lipinski definition) is 3. The largest absolute Gasteiger partial charge is 0.481 e. The van der Waals surface area contributed by atoms with Crippen LogP contribution >= 0.6 is 0 Å². The van der Waals surface area contributed by atoms with Gasteiger partial charge in [-0.2, -0.15) is 0 Å². The minimum Gasteiger partial charge on any atom is -0.481 e. The summed E-state index contributed by atoms with van der Waals surface area (Å²) in [5.74, 6) is -2.05. The van der Waals surface area contributed by atoms with Crippen LogP contribution in [0.3, 0.4) is 0 Å². The molecule has 0 rings (SSSR count). The van der Waals surface area contributed by atoms with Crippen LogP contribution in [0.15, 0.2) is 0 Å². The highest BCUT2D eigenvalue weighted by Gasteiger charge is 2.38. The quantitative estimate of drug-likeness (QED) is 0.690. The lowest BCUT2D eigenvalue weighted by Crippen LogP contribution is -2.34. The monoisotopic (exact) mass is 216 g/mol. The zero-order valence-electron chi connectivity index (χ0n) is 9.87. The van der Waals surface area contributed by atoms with Crippen molar-refractivity contribution in [2.45, 2.75) is 40.0 Å². The molecule has 0 amide bonds. The van der Waals surface area contributed by atoms with E-state index in [1.54, 1.807) is 0 Å². The van der Waals surface area contributed by atoms with Crippen LogP contribution in [0.5, 0.6) is 0 Å². The van der Waals surface area contributed by atoms with E-state index < -0.39 is 17.9 Å². The molecule has 15 heavy (non-hydrogen) atoms. The summed E-state index contributed by atoms with van der Waals surface area (Å²) in [6, 6.07) is 0. The lowest BCUT2D eigenvalue weighted by molar-refractivity contribution is -0.154. The van der Waals surface area contributed by atoms with E-state index in [1.165, 1.54) is 7.11 Å². The van der Waals surface area contributed by atoms with Crippen LogP contribution in [0.25, 0.3) is 0 Å². The summed E-state index contributed by atoms with van der Waals surface area (Å²) < 4.78 is 4.51. The fourth-order valence-electron chi connectivity index (χ4n) is 1.62. The molecule has 0 aliphatic carbocycles. The first kappa shape index (κ1) is 13.9. The maximum absolute atomic E-state index is 11.1. The van der Waals surface area contributed by atoms with E-state index in [9.17, 15) is 9.59 Å². The van der Waals surface area contributed by atoms with Crippen molar-refractivity contribution in [2.75, 3.05) is 7.11 Å². The first-order valence-electron chi connectivity index (χ1n) is 5.20. The second-order valence-electron chi connectivity index (χ2n) is 4.03. The van der Waals surface area contributed by atoms with E-state index in [4.69, 9.17) is 5.11 Å². The topological polar surface area (TPSA) is 63.6 Å². The van der Waals surface area contributed by atoms with Gasteiger partial charge in [-0.1, -0.05) is 20.8 Å². The number of rotatable bonds is 6.